The van der Waals surface area contributed by atoms with Gasteiger partial charge < -0.3 is 9.16 Å². The van der Waals surface area contributed by atoms with Gasteiger partial charge in [-0.25, -0.2) is 0 Å². The van der Waals surface area contributed by atoms with Crippen molar-refractivity contribution in [2.45, 2.75) is 25.7 Å². The van der Waals surface area contributed by atoms with Crippen LogP contribution in [0.15, 0.2) is 47.6 Å². The number of benzene rings is 2. The number of rotatable bonds is 7. The van der Waals surface area contributed by atoms with Gasteiger partial charge in [0, 0.05) is 10.3 Å². The second-order valence-electron chi connectivity index (χ2n) is 6.05. The van der Waals surface area contributed by atoms with E-state index < -0.39 is 8.32 Å². The number of hydrogen-bond donors (Lipinski definition) is 0. The zero-order valence-corrected chi connectivity index (χ0v) is 14.2. The van der Waals surface area contributed by atoms with Crippen molar-refractivity contribution in [1.29, 1.82) is 0 Å². The van der Waals surface area contributed by atoms with Gasteiger partial charge in [-0.05, 0) is 36.6 Å². The largest absolute Gasteiger partial charge is 0.490 e. The molecule has 0 heterocycles. The Bertz CT molecular complexity index is 673. The Balaban J connectivity index is 2.11. The van der Waals surface area contributed by atoms with E-state index >= 15 is 0 Å². The first-order valence-electron chi connectivity index (χ1n) is 7.29. The Morgan fingerprint density at radius 1 is 1.14 bits per heavy atom. The number of azide groups is 1. The molecule has 0 N–H and O–H groups in total. The molecule has 0 saturated heterocycles. The second kappa shape index (κ2) is 7.31. The first-order valence-corrected chi connectivity index (χ1v) is 10.7. The number of fused-ring (bicyclic) bond motifs is 1. The lowest BCUT2D eigenvalue weighted by Gasteiger charge is -2.25. The van der Waals surface area contributed by atoms with Crippen molar-refractivity contribution >= 4 is 19.1 Å². The standard InChI is InChI=1S/C16H21N3O2Si/c1-22(2,3)21-14(11-18-19-17)12-20-16-10-6-8-13-7-4-5-9-15(13)16/h4-10,14H,11-12H2,1-3H3/t14-/m0/s1. The summed E-state index contributed by atoms with van der Waals surface area (Å²) in [7, 11) is -1.73. The van der Waals surface area contributed by atoms with Crippen molar-refractivity contribution in [1.82, 2.24) is 0 Å². The highest BCUT2D eigenvalue weighted by Gasteiger charge is 2.21. The van der Waals surface area contributed by atoms with Gasteiger partial charge in [-0.2, -0.15) is 0 Å². The van der Waals surface area contributed by atoms with E-state index in [-0.39, 0.29) is 12.6 Å². The molecule has 0 saturated carbocycles. The topological polar surface area (TPSA) is 67.2 Å². The summed E-state index contributed by atoms with van der Waals surface area (Å²) in [4.78, 5) is 2.82. The highest BCUT2D eigenvalue weighted by Crippen LogP contribution is 2.25. The number of nitrogens with zero attached hydrogens (tertiary/aromatic N) is 3. The normalized spacial score (nSPS) is 12.7. The van der Waals surface area contributed by atoms with Crippen LogP contribution in [0, 0.1) is 0 Å². The van der Waals surface area contributed by atoms with E-state index in [2.05, 4.69) is 41.8 Å². The minimum absolute atomic E-state index is 0.221. The second-order valence-corrected chi connectivity index (χ2v) is 10.5. The lowest BCUT2D eigenvalue weighted by molar-refractivity contribution is 0.130. The highest BCUT2D eigenvalue weighted by molar-refractivity contribution is 6.69. The molecule has 22 heavy (non-hydrogen) atoms. The third-order valence-electron chi connectivity index (χ3n) is 3.04. The predicted octanol–water partition coefficient (Wildman–Crippen LogP) is 4.75. The van der Waals surface area contributed by atoms with E-state index in [0.29, 0.717) is 6.61 Å². The molecule has 0 unspecified atom stereocenters. The van der Waals surface area contributed by atoms with Gasteiger partial charge in [0.2, 0.25) is 0 Å². The van der Waals surface area contributed by atoms with Crippen LogP contribution in [0.3, 0.4) is 0 Å². The minimum atomic E-state index is -1.73. The van der Waals surface area contributed by atoms with E-state index in [9.17, 15) is 0 Å². The van der Waals surface area contributed by atoms with E-state index in [1.165, 1.54) is 0 Å². The van der Waals surface area contributed by atoms with Gasteiger partial charge >= 0.3 is 0 Å². The van der Waals surface area contributed by atoms with Crippen LogP contribution in [0.1, 0.15) is 0 Å². The molecule has 0 aliphatic carbocycles. The molecular formula is C16H21N3O2Si. The summed E-state index contributed by atoms with van der Waals surface area (Å²) in [6.45, 7) is 6.97. The molecule has 0 bridgehead atoms. The molecule has 5 nitrogen and oxygen atoms in total. The fourth-order valence-electron chi connectivity index (χ4n) is 2.26. The molecule has 0 aliphatic heterocycles. The molecule has 0 fully saturated rings. The number of ether oxygens (including phenoxy) is 1. The molecular weight excluding hydrogens is 294 g/mol. The Labute approximate surface area is 131 Å². The smallest absolute Gasteiger partial charge is 0.184 e. The van der Waals surface area contributed by atoms with Crippen molar-refractivity contribution < 1.29 is 9.16 Å². The Kier molecular flexibility index (Phi) is 5.44. The third kappa shape index (κ3) is 4.77. The fourth-order valence-corrected chi connectivity index (χ4v) is 3.40. The van der Waals surface area contributed by atoms with Crippen LogP contribution in [-0.4, -0.2) is 27.6 Å². The third-order valence-corrected chi connectivity index (χ3v) is 4.08. The quantitative estimate of drug-likeness (QED) is 0.320. The molecule has 0 amide bonds. The van der Waals surface area contributed by atoms with Gasteiger partial charge in [0.25, 0.3) is 0 Å². The van der Waals surface area contributed by atoms with Crippen LogP contribution in [0.5, 0.6) is 5.75 Å². The van der Waals surface area contributed by atoms with Crippen molar-refractivity contribution in [2.75, 3.05) is 13.2 Å². The maximum absolute atomic E-state index is 8.51. The van der Waals surface area contributed by atoms with E-state index in [1.807, 2.05) is 30.3 Å². The fraction of sp³-hybridized carbons (Fsp3) is 0.375. The van der Waals surface area contributed by atoms with Gasteiger partial charge in [-0.1, -0.05) is 41.5 Å². The molecule has 0 aromatic heterocycles. The van der Waals surface area contributed by atoms with Crippen LogP contribution in [0.2, 0.25) is 19.6 Å². The van der Waals surface area contributed by atoms with Crippen LogP contribution in [-0.2, 0) is 4.43 Å². The monoisotopic (exact) mass is 315 g/mol. The molecule has 2 aromatic carbocycles. The van der Waals surface area contributed by atoms with Crippen LogP contribution < -0.4 is 4.74 Å². The van der Waals surface area contributed by atoms with E-state index in [0.717, 1.165) is 16.5 Å². The van der Waals surface area contributed by atoms with Crippen LogP contribution in [0.25, 0.3) is 21.2 Å². The number of hydrogen-bond acceptors (Lipinski definition) is 3. The van der Waals surface area contributed by atoms with Gasteiger partial charge in [-0.3, -0.25) is 0 Å². The maximum Gasteiger partial charge on any atom is 0.184 e. The summed E-state index contributed by atoms with van der Waals surface area (Å²) in [5.74, 6) is 0.822. The summed E-state index contributed by atoms with van der Waals surface area (Å²) in [5, 5.41) is 5.84. The highest BCUT2D eigenvalue weighted by atomic mass is 28.4. The molecule has 0 aliphatic rings. The molecule has 6 heteroatoms. The minimum Gasteiger partial charge on any atom is -0.490 e. The SMILES string of the molecule is C[Si](C)(C)O[C@@H](CN=[N+]=[N-])COc1cccc2ccccc12. The Morgan fingerprint density at radius 3 is 2.59 bits per heavy atom. The zero-order chi connectivity index (χ0) is 16.0. The average molecular weight is 315 g/mol. The van der Waals surface area contributed by atoms with Crippen molar-refractivity contribution in [3.63, 3.8) is 0 Å². The summed E-state index contributed by atoms with van der Waals surface area (Å²) < 4.78 is 12.0. The van der Waals surface area contributed by atoms with Gasteiger partial charge in [0.1, 0.15) is 12.4 Å². The maximum atomic E-state index is 8.51. The molecule has 2 rings (SSSR count). The van der Waals surface area contributed by atoms with Crippen LogP contribution >= 0.6 is 0 Å². The summed E-state index contributed by atoms with van der Waals surface area (Å²) in [6.07, 6.45) is -0.221. The summed E-state index contributed by atoms with van der Waals surface area (Å²) in [5.41, 5.74) is 8.51. The van der Waals surface area contributed by atoms with Crippen LogP contribution in [0.4, 0.5) is 0 Å². The summed E-state index contributed by atoms with van der Waals surface area (Å²) in [6, 6.07) is 14.1. The Morgan fingerprint density at radius 2 is 1.86 bits per heavy atom. The molecule has 0 radical (unpaired) electrons. The van der Waals surface area contributed by atoms with E-state index in [4.69, 9.17) is 14.7 Å². The van der Waals surface area contributed by atoms with Gasteiger partial charge in [0.15, 0.2) is 8.32 Å². The molecule has 116 valence electrons. The van der Waals surface area contributed by atoms with Gasteiger partial charge in [-0.15, -0.1) is 0 Å². The average Bonchev–Trinajstić information content (AvgIpc) is 2.48. The predicted molar refractivity (Wildman–Crippen MR) is 91.7 cm³/mol. The lowest BCUT2D eigenvalue weighted by Crippen LogP contribution is -2.37. The molecule has 1 atom stereocenters. The van der Waals surface area contributed by atoms with Gasteiger partial charge in [0.05, 0.1) is 12.6 Å². The first-order chi connectivity index (χ1) is 10.5. The van der Waals surface area contributed by atoms with E-state index in [1.54, 1.807) is 0 Å². The van der Waals surface area contributed by atoms with Crippen molar-refractivity contribution in [3.8, 4) is 5.75 Å². The zero-order valence-electron chi connectivity index (χ0n) is 13.2. The first kappa shape index (κ1) is 16.4. The van der Waals surface area contributed by atoms with Crippen molar-refractivity contribution in [2.24, 2.45) is 5.11 Å². The lowest BCUT2D eigenvalue weighted by atomic mass is 10.1. The van der Waals surface area contributed by atoms with Crippen molar-refractivity contribution in [3.05, 3.63) is 52.9 Å². The summed E-state index contributed by atoms with van der Waals surface area (Å²) >= 11 is 0. The Hall–Kier alpha value is -2.01. The molecule has 2 aromatic rings. The molecule has 0 spiro atoms.